The number of amidine groups is 1. The Bertz CT molecular complexity index is 193. The lowest BCUT2D eigenvalue weighted by atomic mass is 10.3. The highest BCUT2D eigenvalue weighted by atomic mass is 32.2. The monoisotopic (exact) mass is 172 g/mol. The first-order valence-electron chi connectivity index (χ1n) is 3.62. The summed E-state index contributed by atoms with van der Waals surface area (Å²) in [5.74, 6) is 0.571. The van der Waals surface area contributed by atoms with Crippen LogP contribution in [0.5, 0.6) is 0 Å². The van der Waals surface area contributed by atoms with E-state index in [1.807, 2.05) is 13.2 Å². The van der Waals surface area contributed by atoms with Crippen LogP contribution >= 0.6 is 11.8 Å². The number of rotatable bonds is 2. The second-order valence-electron chi connectivity index (χ2n) is 2.45. The van der Waals surface area contributed by atoms with Crippen LogP contribution in [0.1, 0.15) is 13.3 Å². The predicted octanol–water partition coefficient (Wildman–Crippen LogP) is 0.947. The summed E-state index contributed by atoms with van der Waals surface area (Å²) in [5, 5.41) is 7.68. The standard InChI is InChI=1S/C7H12N2OS/c1-3-9-6(10)4-5(11-2)7(9)8/h5,8H,3-4H2,1-2H3. The van der Waals surface area contributed by atoms with Crippen molar-refractivity contribution in [2.45, 2.75) is 18.6 Å². The molecule has 1 N–H and O–H groups in total. The maximum absolute atomic E-state index is 11.2. The topological polar surface area (TPSA) is 44.2 Å². The Morgan fingerprint density at radius 2 is 2.45 bits per heavy atom. The zero-order chi connectivity index (χ0) is 8.43. The Balaban J connectivity index is 2.71. The first kappa shape index (κ1) is 8.59. The van der Waals surface area contributed by atoms with Crippen LogP contribution in [0, 0.1) is 5.41 Å². The molecule has 1 fully saturated rings. The van der Waals surface area contributed by atoms with Crippen LogP contribution in [-0.4, -0.2) is 34.7 Å². The number of hydrogen-bond donors (Lipinski definition) is 1. The number of likely N-dealkylation sites (tertiary alicyclic amines) is 1. The molecule has 0 saturated carbocycles. The van der Waals surface area contributed by atoms with Gasteiger partial charge in [-0.25, -0.2) is 0 Å². The van der Waals surface area contributed by atoms with E-state index in [0.29, 0.717) is 18.8 Å². The molecule has 0 aromatic rings. The van der Waals surface area contributed by atoms with Crippen molar-refractivity contribution < 1.29 is 4.79 Å². The van der Waals surface area contributed by atoms with Gasteiger partial charge < -0.3 is 4.90 Å². The van der Waals surface area contributed by atoms with Gasteiger partial charge >= 0.3 is 0 Å². The van der Waals surface area contributed by atoms with E-state index in [1.165, 1.54) is 0 Å². The molecule has 1 aliphatic heterocycles. The lowest BCUT2D eigenvalue weighted by Gasteiger charge is -2.13. The molecule has 0 bridgehead atoms. The summed E-state index contributed by atoms with van der Waals surface area (Å²) in [5.41, 5.74) is 0. The van der Waals surface area contributed by atoms with Crippen LogP contribution in [0.15, 0.2) is 0 Å². The second-order valence-corrected chi connectivity index (χ2v) is 3.49. The Morgan fingerprint density at radius 1 is 1.82 bits per heavy atom. The summed E-state index contributed by atoms with van der Waals surface area (Å²) in [6, 6.07) is 0. The quantitative estimate of drug-likeness (QED) is 0.674. The molecule has 1 aliphatic rings. The van der Waals surface area contributed by atoms with Crippen LogP contribution in [0.2, 0.25) is 0 Å². The molecule has 1 amide bonds. The fraction of sp³-hybridized carbons (Fsp3) is 0.714. The minimum Gasteiger partial charge on any atom is -0.300 e. The molecule has 1 saturated heterocycles. The van der Waals surface area contributed by atoms with E-state index >= 15 is 0 Å². The summed E-state index contributed by atoms with van der Waals surface area (Å²) in [4.78, 5) is 12.7. The van der Waals surface area contributed by atoms with Crippen LogP contribution in [0.4, 0.5) is 0 Å². The van der Waals surface area contributed by atoms with Gasteiger partial charge in [0.05, 0.1) is 5.25 Å². The van der Waals surface area contributed by atoms with Crippen molar-refractivity contribution in [2.24, 2.45) is 0 Å². The van der Waals surface area contributed by atoms with Gasteiger partial charge in [-0.1, -0.05) is 0 Å². The van der Waals surface area contributed by atoms with Gasteiger partial charge in [0.25, 0.3) is 0 Å². The Labute approximate surface area is 70.7 Å². The summed E-state index contributed by atoms with van der Waals surface area (Å²) in [7, 11) is 0. The van der Waals surface area contributed by atoms with Crippen LogP contribution < -0.4 is 0 Å². The third kappa shape index (κ3) is 1.40. The number of nitrogens with zero attached hydrogens (tertiary/aromatic N) is 1. The third-order valence-corrected chi connectivity index (χ3v) is 2.82. The van der Waals surface area contributed by atoms with Gasteiger partial charge in [0.15, 0.2) is 0 Å². The molecule has 0 aliphatic carbocycles. The average Bonchev–Trinajstić information content (AvgIpc) is 2.26. The number of carbonyl (C=O) groups excluding carboxylic acids is 1. The summed E-state index contributed by atoms with van der Waals surface area (Å²) in [6.45, 7) is 2.53. The zero-order valence-corrected chi connectivity index (χ0v) is 7.57. The first-order valence-corrected chi connectivity index (χ1v) is 4.91. The van der Waals surface area contributed by atoms with Gasteiger partial charge in [-0.2, -0.15) is 11.8 Å². The lowest BCUT2D eigenvalue weighted by Crippen LogP contribution is -2.30. The fourth-order valence-corrected chi connectivity index (χ4v) is 1.88. The first-order chi connectivity index (χ1) is 5.20. The number of carbonyl (C=O) groups is 1. The SMILES string of the molecule is CCN1C(=N)C(SC)CC1=O. The summed E-state index contributed by atoms with van der Waals surface area (Å²) < 4.78 is 0. The fourth-order valence-electron chi connectivity index (χ4n) is 1.22. The maximum Gasteiger partial charge on any atom is 0.229 e. The zero-order valence-electron chi connectivity index (χ0n) is 6.76. The van der Waals surface area contributed by atoms with Crippen molar-refractivity contribution in [2.75, 3.05) is 12.8 Å². The van der Waals surface area contributed by atoms with E-state index in [1.54, 1.807) is 16.7 Å². The largest absolute Gasteiger partial charge is 0.300 e. The minimum absolute atomic E-state index is 0.0943. The van der Waals surface area contributed by atoms with Crippen molar-refractivity contribution in [1.29, 1.82) is 5.41 Å². The van der Waals surface area contributed by atoms with Gasteiger partial charge in [0, 0.05) is 13.0 Å². The molecule has 1 atom stereocenters. The molecular weight excluding hydrogens is 160 g/mol. The van der Waals surface area contributed by atoms with Crippen molar-refractivity contribution in [1.82, 2.24) is 4.90 Å². The molecule has 11 heavy (non-hydrogen) atoms. The molecule has 1 heterocycles. The third-order valence-electron chi connectivity index (χ3n) is 1.86. The molecule has 0 aromatic carbocycles. The number of thioether (sulfide) groups is 1. The highest BCUT2D eigenvalue weighted by Gasteiger charge is 2.33. The normalized spacial score (nSPS) is 24.9. The molecule has 0 aromatic heterocycles. The molecule has 0 spiro atoms. The van der Waals surface area contributed by atoms with Gasteiger partial charge in [-0.15, -0.1) is 0 Å². The number of amides is 1. The van der Waals surface area contributed by atoms with Crippen LogP contribution in [0.25, 0.3) is 0 Å². The molecule has 0 radical (unpaired) electrons. The van der Waals surface area contributed by atoms with Gasteiger partial charge in [0.2, 0.25) is 5.91 Å². The number of nitrogens with one attached hydrogen (secondary N) is 1. The Kier molecular flexibility index (Phi) is 2.54. The van der Waals surface area contributed by atoms with E-state index in [4.69, 9.17) is 5.41 Å². The highest BCUT2D eigenvalue weighted by molar-refractivity contribution is 8.00. The van der Waals surface area contributed by atoms with Crippen molar-refractivity contribution >= 4 is 23.5 Å². The van der Waals surface area contributed by atoms with E-state index in [0.717, 1.165) is 0 Å². The lowest BCUT2D eigenvalue weighted by molar-refractivity contribution is -0.125. The molecule has 62 valence electrons. The highest BCUT2D eigenvalue weighted by Crippen LogP contribution is 2.22. The van der Waals surface area contributed by atoms with Crippen molar-refractivity contribution in [3.8, 4) is 0 Å². The minimum atomic E-state index is 0.0943. The van der Waals surface area contributed by atoms with Gasteiger partial charge in [-0.3, -0.25) is 10.2 Å². The maximum atomic E-state index is 11.2. The number of hydrogen-bond acceptors (Lipinski definition) is 3. The van der Waals surface area contributed by atoms with Crippen LogP contribution in [-0.2, 0) is 4.79 Å². The van der Waals surface area contributed by atoms with E-state index in [-0.39, 0.29) is 11.2 Å². The average molecular weight is 172 g/mol. The molecule has 1 unspecified atom stereocenters. The molecule has 1 rings (SSSR count). The Morgan fingerprint density at radius 3 is 2.73 bits per heavy atom. The van der Waals surface area contributed by atoms with E-state index in [9.17, 15) is 4.79 Å². The van der Waals surface area contributed by atoms with Crippen molar-refractivity contribution in [3.05, 3.63) is 0 Å². The molecule has 4 heteroatoms. The van der Waals surface area contributed by atoms with E-state index < -0.39 is 0 Å². The van der Waals surface area contributed by atoms with Crippen LogP contribution in [0.3, 0.4) is 0 Å². The summed E-state index contributed by atoms with van der Waals surface area (Å²) >= 11 is 1.58. The van der Waals surface area contributed by atoms with E-state index in [2.05, 4.69) is 0 Å². The Hall–Kier alpha value is -0.510. The summed E-state index contributed by atoms with van der Waals surface area (Å²) in [6.07, 6.45) is 2.44. The molecular formula is C7H12N2OS. The predicted molar refractivity (Wildman–Crippen MR) is 47.0 cm³/mol. The van der Waals surface area contributed by atoms with Crippen molar-refractivity contribution in [3.63, 3.8) is 0 Å². The smallest absolute Gasteiger partial charge is 0.229 e. The molecule has 3 nitrogen and oxygen atoms in total. The van der Waals surface area contributed by atoms with Gasteiger partial charge in [0.1, 0.15) is 5.84 Å². The second kappa shape index (κ2) is 3.26. The van der Waals surface area contributed by atoms with Gasteiger partial charge in [-0.05, 0) is 13.2 Å².